The highest BCUT2D eigenvalue weighted by molar-refractivity contribution is 7.98. The predicted molar refractivity (Wildman–Crippen MR) is 111 cm³/mol. The third-order valence-electron chi connectivity index (χ3n) is 4.99. The molecule has 0 spiro atoms. The highest BCUT2D eigenvalue weighted by atomic mass is 32.2. The minimum atomic E-state index is -0.331. The third-order valence-corrected chi connectivity index (χ3v) is 5.57. The molecule has 0 saturated carbocycles. The van der Waals surface area contributed by atoms with Crippen LogP contribution in [-0.2, 0) is 19.5 Å². The summed E-state index contributed by atoms with van der Waals surface area (Å²) in [6.07, 6.45) is 4.43. The number of nitrogens with one attached hydrogen (secondary N) is 1. The van der Waals surface area contributed by atoms with Gasteiger partial charge in [0.1, 0.15) is 11.6 Å². The van der Waals surface area contributed by atoms with E-state index in [4.69, 9.17) is 4.74 Å². The Morgan fingerprint density at radius 2 is 2.17 bits per heavy atom. The van der Waals surface area contributed by atoms with Gasteiger partial charge < -0.3 is 9.72 Å². The van der Waals surface area contributed by atoms with Crippen LogP contribution >= 0.6 is 11.8 Å². The maximum absolute atomic E-state index is 13.6. The Balaban J connectivity index is 1.50. The molecule has 1 aliphatic rings. The number of rotatable bonds is 5. The summed E-state index contributed by atoms with van der Waals surface area (Å²) in [6.45, 7) is 2.07. The lowest BCUT2D eigenvalue weighted by Gasteiger charge is -2.27. The van der Waals surface area contributed by atoms with E-state index in [1.54, 1.807) is 19.4 Å². The Labute approximate surface area is 172 Å². The van der Waals surface area contributed by atoms with E-state index in [0.717, 1.165) is 29.8 Å². The Bertz CT molecular complexity index is 1090. The van der Waals surface area contributed by atoms with Crippen LogP contribution < -0.4 is 10.3 Å². The van der Waals surface area contributed by atoms with Gasteiger partial charge in [0.05, 0.1) is 24.1 Å². The van der Waals surface area contributed by atoms with Crippen molar-refractivity contribution >= 4 is 11.8 Å². The molecule has 6 nitrogen and oxygen atoms in total. The average Bonchev–Trinajstić information content (AvgIpc) is 2.74. The fraction of sp³-hybridized carbons (Fsp3) is 0.286. The number of hydrogen-bond acceptors (Lipinski definition) is 6. The summed E-state index contributed by atoms with van der Waals surface area (Å²) in [7, 11) is 1.55. The Morgan fingerprint density at radius 3 is 2.90 bits per heavy atom. The zero-order valence-electron chi connectivity index (χ0n) is 16.2. The molecule has 0 unspecified atom stereocenters. The van der Waals surface area contributed by atoms with Crippen LogP contribution in [0.25, 0.3) is 11.3 Å². The number of benzene rings is 1. The van der Waals surface area contributed by atoms with Gasteiger partial charge in [-0.2, -0.15) is 0 Å². The van der Waals surface area contributed by atoms with E-state index in [9.17, 15) is 9.18 Å². The van der Waals surface area contributed by atoms with Crippen molar-refractivity contribution in [3.05, 3.63) is 69.5 Å². The number of aromatic amines is 1. The first-order valence-electron chi connectivity index (χ1n) is 9.24. The van der Waals surface area contributed by atoms with Crippen LogP contribution in [0.5, 0.6) is 5.75 Å². The van der Waals surface area contributed by atoms with Gasteiger partial charge in [-0.25, -0.2) is 9.37 Å². The zero-order chi connectivity index (χ0) is 20.4. The lowest BCUT2D eigenvalue weighted by molar-refractivity contribution is 0.240. The standard InChI is InChI=1S/C21H21FN4O2S/c1-28-19-6-4-14(22)9-15(19)17-5-3-13(10-23-17)11-26-8-7-18-16(12-26)20(27)25-21(24-18)29-2/h3-6,9-10H,7-8,11-12H2,1-2H3,(H,24,25,27). The van der Waals surface area contributed by atoms with Gasteiger partial charge in [0.25, 0.3) is 5.56 Å². The van der Waals surface area contributed by atoms with Crippen LogP contribution in [0.15, 0.2) is 46.5 Å². The molecule has 4 rings (SSSR count). The molecule has 0 aliphatic carbocycles. The molecular weight excluding hydrogens is 391 g/mol. The van der Waals surface area contributed by atoms with Crippen LogP contribution in [0.4, 0.5) is 4.39 Å². The topological polar surface area (TPSA) is 71.1 Å². The van der Waals surface area contributed by atoms with E-state index in [0.29, 0.717) is 35.3 Å². The lowest BCUT2D eigenvalue weighted by atomic mass is 10.1. The minimum absolute atomic E-state index is 0.0595. The first kappa shape index (κ1) is 19.6. The Kier molecular flexibility index (Phi) is 5.64. The molecular formula is C21H21FN4O2S. The molecule has 150 valence electrons. The SMILES string of the molecule is COc1ccc(F)cc1-c1ccc(CN2CCc3nc(SC)[nH]c(=O)c3C2)cn1. The Morgan fingerprint density at radius 1 is 1.31 bits per heavy atom. The number of pyridine rings is 1. The Hall–Kier alpha value is -2.71. The monoisotopic (exact) mass is 412 g/mol. The number of nitrogens with zero attached hydrogens (tertiary/aromatic N) is 3. The maximum Gasteiger partial charge on any atom is 0.256 e. The summed E-state index contributed by atoms with van der Waals surface area (Å²) in [5.74, 6) is 0.248. The first-order valence-corrected chi connectivity index (χ1v) is 10.5. The summed E-state index contributed by atoms with van der Waals surface area (Å²) in [5, 5.41) is 0.662. The molecule has 0 atom stereocenters. The maximum atomic E-state index is 13.6. The van der Waals surface area contributed by atoms with Crippen LogP contribution in [0, 0.1) is 5.82 Å². The molecule has 0 saturated heterocycles. The van der Waals surface area contributed by atoms with Gasteiger partial charge in [-0.05, 0) is 36.1 Å². The van der Waals surface area contributed by atoms with Crippen molar-refractivity contribution in [1.82, 2.24) is 19.9 Å². The highest BCUT2D eigenvalue weighted by Crippen LogP contribution is 2.29. The summed E-state index contributed by atoms with van der Waals surface area (Å²) < 4.78 is 18.9. The van der Waals surface area contributed by atoms with Crippen molar-refractivity contribution in [2.24, 2.45) is 0 Å². The van der Waals surface area contributed by atoms with Crippen molar-refractivity contribution in [2.45, 2.75) is 24.7 Å². The highest BCUT2D eigenvalue weighted by Gasteiger charge is 2.21. The smallest absolute Gasteiger partial charge is 0.256 e. The molecule has 0 fully saturated rings. The summed E-state index contributed by atoms with van der Waals surface area (Å²) in [4.78, 5) is 26.4. The third kappa shape index (κ3) is 4.18. The molecule has 3 heterocycles. The molecule has 0 amide bonds. The first-order chi connectivity index (χ1) is 14.1. The van der Waals surface area contributed by atoms with Gasteiger partial charge in [0.2, 0.25) is 0 Å². The molecule has 1 aromatic carbocycles. The predicted octanol–water partition coefficient (Wildman–Crippen LogP) is 3.26. The van der Waals surface area contributed by atoms with Crippen molar-refractivity contribution in [3.8, 4) is 17.0 Å². The number of thioether (sulfide) groups is 1. The molecule has 0 bridgehead atoms. The number of aromatic nitrogens is 3. The fourth-order valence-corrected chi connectivity index (χ4v) is 3.90. The molecule has 0 radical (unpaired) electrons. The zero-order valence-corrected chi connectivity index (χ0v) is 17.1. The van der Waals surface area contributed by atoms with Crippen LogP contribution in [0.3, 0.4) is 0 Å². The van der Waals surface area contributed by atoms with Crippen molar-refractivity contribution in [2.75, 3.05) is 19.9 Å². The van der Waals surface area contributed by atoms with E-state index in [-0.39, 0.29) is 11.4 Å². The largest absolute Gasteiger partial charge is 0.496 e. The number of fused-ring (bicyclic) bond motifs is 1. The van der Waals surface area contributed by atoms with E-state index in [1.165, 1.54) is 23.9 Å². The van der Waals surface area contributed by atoms with Crippen LogP contribution in [-0.4, -0.2) is 39.8 Å². The number of methoxy groups -OCH3 is 1. The van der Waals surface area contributed by atoms with E-state index < -0.39 is 0 Å². The van der Waals surface area contributed by atoms with Gasteiger partial charge in [0.15, 0.2) is 5.16 Å². The quantitative estimate of drug-likeness (QED) is 0.512. The molecule has 3 aromatic rings. The van der Waals surface area contributed by atoms with Crippen molar-refractivity contribution in [3.63, 3.8) is 0 Å². The average molecular weight is 412 g/mol. The second kappa shape index (κ2) is 8.34. The minimum Gasteiger partial charge on any atom is -0.496 e. The normalized spacial score (nSPS) is 13.9. The molecule has 29 heavy (non-hydrogen) atoms. The fourth-order valence-electron chi connectivity index (χ4n) is 3.51. The van der Waals surface area contributed by atoms with Crippen LogP contribution in [0.2, 0.25) is 0 Å². The van der Waals surface area contributed by atoms with Crippen molar-refractivity contribution in [1.29, 1.82) is 0 Å². The van der Waals surface area contributed by atoms with Gasteiger partial charge in [-0.15, -0.1) is 0 Å². The second-order valence-electron chi connectivity index (χ2n) is 6.86. The number of H-pyrrole nitrogens is 1. The van der Waals surface area contributed by atoms with E-state index >= 15 is 0 Å². The molecule has 8 heteroatoms. The summed E-state index contributed by atoms with van der Waals surface area (Å²) in [6, 6.07) is 8.22. The number of ether oxygens (including phenoxy) is 1. The summed E-state index contributed by atoms with van der Waals surface area (Å²) >= 11 is 1.44. The second-order valence-corrected chi connectivity index (χ2v) is 7.65. The van der Waals surface area contributed by atoms with Gasteiger partial charge in [0, 0.05) is 37.8 Å². The van der Waals surface area contributed by atoms with E-state index in [1.807, 2.05) is 18.4 Å². The summed E-state index contributed by atoms with van der Waals surface area (Å²) in [5.41, 5.74) is 3.87. The number of hydrogen-bond donors (Lipinski definition) is 1. The molecule has 2 aromatic heterocycles. The van der Waals surface area contributed by atoms with Gasteiger partial charge >= 0.3 is 0 Å². The molecule has 1 aliphatic heterocycles. The van der Waals surface area contributed by atoms with Gasteiger partial charge in [-0.3, -0.25) is 14.7 Å². The molecule has 1 N–H and O–H groups in total. The van der Waals surface area contributed by atoms with E-state index in [2.05, 4.69) is 19.9 Å². The van der Waals surface area contributed by atoms with Crippen LogP contribution in [0.1, 0.15) is 16.8 Å². The van der Waals surface area contributed by atoms with Crippen molar-refractivity contribution < 1.29 is 9.13 Å². The number of halogens is 1. The van der Waals surface area contributed by atoms with Gasteiger partial charge in [-0.1, -0.05) is 17.8 Å². The lowest BCUT2D eigenvalue weighted by Crippen LogP contribution is -2.35.